The molecule has 0 radical (unpaired) electrons. The van der Waals surface area contributed by atoms with E-state index in [4.69, 9.17) is 24.6 Å². The fraction of sp³-hybridized carbons (Fsp3) is 0.0685. The molecule has 3 aromatic heterocycles. The third-order valence-corrected chi connectivity index (χ3v) is 15.8. The van der Waals surface area contributed by atoms with Crippen molar-refractivity contribution in [2.24, 2.45) is 15.7 Å². The van der Waals surface area contributed by atoms with E-state index >= 15 is 0 Å². The number of hydrogen-bond donors (Lipinski definition) is 3. The van der Waals surface area contributed by atoms with Gasteiger partial charge in [-0.1, -0.05) is 188 Å². The van der Waals surface area contributed by atoms with E-state index in [0.29, 0.717) is 18.1 Å². The molecule has 4 heterocycles. The van der Waals surface area contributed by atoms with Crippen LogP contribution < -0.4 is 16.4 Å². The third kappa shape index (κ3) is 9.47. The van der Waals surface area contributed by atoms with E-state index in [1.807, 2.05) is 48.5 Å². The molecule has 0 spiro atoms. The number of nitrogens with zero attached hydrogens (tertiary/aromatic N) is 3. The summed E-state index contributed by atoms with van der Waals surface area (Å²) >= 11 is 0. The van der Waals surface area contributed by atoms with Gasteiger partial charge in [0.25, 0.3) is 0 Å². The molecule has 0 saturated heterocycles. The summed E-state index contributed by atoms with van der Waals surface area (Å²) in [5.74, 6) is 0.617. The van der Waals surface area contributed by atoms with Gasteiger partial charge in [0.1, 0.15) is 28.0 Å². The average molecular weight is 1050 g/mol. The topological polar surface area (TPSA) is 106 Å². The van der Waals surface area contributed by atoms with Gasteiger partial charge in [-0.15, -0.1) is 0 Å². The fourth-order valence-electron chi connectivity index (χ4n) is 11.8. The number of hydrogen-bond acceptors (Lipinski definition) is 6. The largest absolute Gasteiger partial charge is 0.456 e. The van der Waals surface area contributed by atoms with Crippen LogP contribution in [0.4, 0.5) is 0 Å². The maximum atomic E-state index is 6.40. The van der Waals surface area contributed by atoms with E-state index in [0.717, 1.165) is 110 Å². The van der Waals surface area contributed by atoms with Crippen LogP contribution in [0.5, 0.6) is 0 Å². The van der Waals surface area contributed by atoms with Gasteiger partial charge in [0, 0.05) is 49.9 Å². The van der Waals surface area contributed by atoms with Crippen LogP contribution in [0.3, 0.4) is 0 Å². The zero-order chi connectivity index (χ0) is 54.2. The lowest BCUT2D eigenvalue weighted by molar-refractivity contribution is 0.525. The summed E-state index contributed by atoms with van der Waals surface area (Å²) in [6, 6.07) is 84.7. The minimum Gasteiger partial charge on any atom is -0.456 e. The molecule has 81 heavy (non-hydrogen) atoms. The van der Waals surface area contributed by atoms with Crippen molar-refractivity contribution in [1.82, 2.24) is 15.2 Å². The van der Waals surface area contributed by atoms with Crippen molar-refractivity contribution in [2.45, 2.75) is 25.0 Å². The quantitative estimate of drug-likeness (QED) is 0.0743. The first-order valence-corrected chi connectivity index (χ1v) is 27.6. The number of furan rings is 2. The molecule has 4 N–H and O–H groups in total. The Kier molecular flexibility index (Phi) is 12.8. The number of aromatic nitrogens is 1. The molecule has 0 bridgehead atoms. The van der Waals surface area contributed by atoms with E-state index in [1.54, 1.807) is 0 Å². The minimum absolute atomic E-state index is 0.155. The molecule has 0 aliphatic carbocycles. The lowest BCUT2D eigenvalue weighted by Gasteiger charge is -2.26. The van der Waals surface area contributed by atoms with Crippen LogP contribution in [0.2, 0.25) is 0 Å². The van der Waals surface area contributed by atoms with Gasteiger partial charge in [-0.2, -0.15) is 0 Å². The second kappa shape index (κ2) is 21.2. The van der Waals surface area contributed by atoms with Crippen LogP contribution >= 0.6 is 0 Å². The first kappa shape index (κ1) is 49.0. The monoisotopic (exact) mass is 1050 g/mol. The number of para-hydroxylation sites is 2. The van der Waals surface area contributed by atoms with Crippen molar-refractivity contribution in [2.75, 3.05) is 6.54 Å². The molecular weight excluding hydrogens is 993 g/mol. The Hall–Kier alpha value is -10.3. The van der Waals surface area contributed by atoms with Crippen LogP contribution in [0.15, 0.2) is 285 Å². The van der Waals surface area contributed by atoms with E-state index < -0.39 is 0 Å². The number of aliphatic imine (C=N–C) groups is 2. The normalized spacial score (nSPS) is 15.0. The van der Waals surface area contributed by atoms with Gasteiger partial charge in [-0.05, 0) is 130 Å². The Morgan fingerprint density at radius 2 is 1.04 bits per heavy atom. The molecule has 10 aromatic carbocycles. The zero-order valence-corrected chi connectivity index (χ0v) is 44.6. The molecule has 1 aliphatic rings. The molecule has 0 saturated carbocycles. The predicted molar refractivity (Wildman–Crippen MR) is 336 cm³/mol. The second-order valence-electron chi connectivity index (χ2n) is 20.8. The molecule has 0 amide bonds. The second-order valence-corrected chi connectivity index (χ2v) is 20.8. The maximum Gasteiger partial charge on any atom is 0.153 e. The summed E-state index contributed by atoms with van der Waals surface area (Å²) in [4.78, 5) is 10.4. The SMILES string of the molecule is C/C(=C\C(NCC(/C=C(\N=CN)C1=NC(c2ccccc2)=CC(c2ccccc2)N1)n1c2ccc(-c3ccc4oc5ccccc5c4c3)cc2c2cc(-c3ccc4oc5ccccc5c4c3)ccc21)c1ccccc1)c1ccccc1. The van der Waals surface area contributed by atoms with Crippen LogP contribution in [0.1, 0.15) is 47.3 Å². The number of fused-ring (bicyclic) bond motifs is 9. The highest BCUT2D eigenvalue weighted by Crippen LogP contribution is 2.41. The lowest BCUT2D eigenvalue weighted by atomic mass is 9.98. The highest BCUT2D eigenvalue weighted by molar-refractivity contribution is 6.13. The Balaban J connectivity index is 0.977. The van der Waals surface area contributed by atoms with Gasteiger partial charge >= 0.3 is 0 Å². The summed E-state index contributed by atoms with van der Waals surface area (Å²) < 4.78 is 15.1. The third-order valence-electron chi connectivity index (χ3n) is 15.8. The Labute approximate surface area is 469 Å². The molecule has 3 atom stereocenters. The van der Waals surface area contributed by atoms with Crippen LogP contribution in [0, 0.1) is 0 Å². The minimum atomic E-state index is -0.356. The highest BCUT2D eigenvalue weighted by atomic mass is 16.3. The Morgan fingerprint density at radius 3 is 1.62 bits per heavy atom. The standard InChI is InChI=1S/C73H56N6O2/c1-47(48-18-6-2-7-19-48)38-63(49-20-8-3-9-21-49)75-45-56(43-66(76-46-74)73-77-64(50-22-10-4-11-23-50)44-65(78-73)51-24-12-5-13-25-51)79-67-34-30-52(54-32-36-71-61(41-54)57-26-14-16-28-69(57)80-71)39-59(67)60-40-53(31-35-68(60)79)55-33-37-72-62(42-55)58-27-15-17-29-70(58)81-72/h2-44,46,56,63-64,75H,45H2,1H3,(H2,74,76)(H,77,78)/b47-38+,66-43-. The molecule has 390 valence electrons. The molecule has 3 unspecified atom stereocenters. The lowest BCUT2D eigenvalue weighted by Crippen LogP contribution is -2.33. The summed E-state index contributed by atoms with van der Waals surface area (Å²) in [6.45, 7) is 2.68. The average Bonchev–Trinajstić information content (AvgIpc) is 4.35. The molecule has 14 rings (SSSR count). The van der Waals surface area contributed by atoms with Crippen molar-refractivity contribution in [3.05, 3.63) is 289 Å². The number of rotatable bonds is 14. The number of benzene rings is 10. The Bertz CT molecular complexity index is 4470. The first-order valence-electron chi connectivity index (χ1n) is 27.6. The smallest absolute Gasteiger partial charge is 0.153 e. The molecule has 13 aromatic rings. The van der Waals surface area contributed by atoms with Crippen molar-refractivity contribution >= 4 is 89.1 Å². The number of nitrogens with one attached hydrogen (secondary N) is 2. The van der Waals surface area contributed by atoms with Crippen LogP contribution in [-0.4, -0.2) is 23.3 Å². The van der Waals surface area contributed by atoms with Gasteiger partial charge in [0.2, 0.25) is 0 Å². The van der Waals surface area contributed by atoms with E-state index in [1.165, 1.54) is 17.5 Å². The molecule has 8 heteroatoms. The highest BCUT2D eigenvalue weighted by Gasteiger charge is 2.26. The van der Waals surface area contributed by atoms with Gasteiger partial charge in [-0.3, -0.25) is 0 Å². The van der Waals surface area contributed by atoms with Crippen molar-refractivity contribution in [1.29, 1.82) is 0 Å². The first-order chi connectivity index (χ1) is 40.0. The van der Waals surface area contributed by atoms with Gasteiger partial charge in [0.05, 0.1) is 30.2 Å². The van der Waals surface area contributed by atoms with E-state index in [-0.39, 0.29) is 18.1 Å². The summed E-state index contributed by atoms with van der Waals surface area (Å²) in [5, 5.41) is 14.5. The van der Waals surface area contributed by atoms with Crippen LogP contribution in [-0.2, 0) is 0 Å². The van der Waals surface area contributed by atoms with E-state index in [2.05, 4.69) is 234 Å². The summed E-state index contributed by atoms with van der Waals surface area (Å²) in [5.41, 5.74) is 23.5. The van der Waals surface area contributed by atoms with Gasteiger partial charge in [-0.25, -0.2) is 9.98 Å². The maximum absolute atomic E-state index is 6.40. The number of amidine groups is 1. The number of allylic oxidation sites excluding steroid dienone is 1. The van der Waals surface area contributed by atoms with Gasteiger partial charge < -0.3 is 29.8 Å². The number of nitrogens with two attached hydrogens (primary N) is 1. The van der Waals surface area contributed by atoms with Crippen molar-refractivity contribution in [3.8, 4) is 22.3 Å². The van der Waals surface area contributed by atoms with Crippen LogP contribution in [0.25, 0.3) is 99.2 Å². The predicted octanol–water partition coefficient (Wildman–Crippen LogP) is 17.6. The molecule has 8 nitrogen and oxygen atoms in total. The Morgan fingerprint density at radius 1 is 0.543 bits per heavy atom. The zero-order valence-electron chi connectivity index (χ0n) is 44.6. The molecular formula is C73H56N6O2. The summed E-state index contributed by atoms with van der Waals surface area (Å²) in [6.07, 6.45) is 8.13. The molecule has 1 aliphatic heterocycles. The van der Waals surface area contributed by atoms with Crippen molar-refractivity contribution in [3.63, 3.8) is 0 Å². The summed E-state index contributed by atoms with van der Waals surface area (Å²) in [7, 11) is 0. The van der Waals surface area contributed by atoms with Gasteiger partial charge in [0.15, 0.2) is 5.84 Å². The van der Waals surface area contributed by atoms with Crippen molar-refractivity contribution < 1.29 is 8.83 Å². The molecule has 0 fully saturated rings. The van der Waals surface area contributed by atoms with E-state index in [9.17, 15) is 0 Å². The fourth-order valence-corrected chi connectivity index (χ4v) is 11.8.